The summed E-state index contributed by atoms with van der Waals surface area (Å²) in [6.07, 6.45) is 4.17. The van der Waals surface area contributed by atoms with Crippen LogP contribution in [0.3, 0.4) is 0 Å². The van der Waals surface area contributed by atoms with Crippen LogP contribution < -0.4 is 14.2 Å². The van der Waals surface area contributed by atoms with Gasteiger partial charge in [-0.3, -0.25) is 0 Å². The van der Waals surface area contributed by atoms with Gasteiger partial charge in [-0.05, 0) is 60.7 Å². The number of ether oxygens (including phenoxy) is 2. The third-order valence-corrected chi connectivity index (χ3v) is 7.00. The standard InChI is InChI=1S/C23H31NO4S/c1-18(2)16-28-21-10-12-22(13-11-21)29(25,26)24-17-23(14-4-5-15-23)19-6-8-20(27-3)9-7-19/h6-13,18,24H,4-5,14-17H2,1-3H3. The SMILES string of the molecule is COc1ccc(C2(CNS(=O)(=O)c3ccc(OCC(C)C)cc3)CCCC2)cc1. The van der Waals surface area contributed by atoms with Crippen molar-refractivity contribution in [3.8, 4) is 11.5 Å². The van der Waals surface area contributed by atoms with Crippen LogP contribution in [-0.2, 0) is 15.4 Å². The summed E-state index contributed by atoms with van der Waals surface area (Å²) in [5.41, 5.74) is 0.996. The first kappa shape index (κ1) is 21.7. The lowest BCUT2D eigenvalue weighted by Crippen LogP contribution is -2.39. The quantitative estimate of drug-likeness (QED) is 0.651. The molecule has 2 aromatic carbocycles. The molecular formula is C23H31NO4S. The largest absolute Gasteiger partial charge is 0.497 e. The second-order valence-electron chi connectivity index (χ2n) is 8.22. The molecule has 3 rings (SSSR count). The maximum absolute atomic E-state index is 12.9. The van der Waals surface area contributed by atoms with Crippen LogP contribution in [0.2, 0.25) is 0 Å². The number of nitrogens with one attached hydrogen (secondary N) is 1. The molecular weight excluding hydrogens is 386 g/mol. The Balaban J connectivity index is 1.71. The van der Waals surface area contributed by atoms with Crippen molar-refractivity contribution in [1.29, 1.82) is 0 Å². The first-order valence-electron chi connectivity index (χ1n) is 10.2. The van der Waals surface area contributed by atoms with Gasteiger partial charge in [-0.15, -0.1) is 0 Å². The summed E-state index contributed by atoms with van der Waals surface area (Å²) in [5, 5.41) is 0. The number of rotatable bonds is 9. The Labute approximate surface area is 174 Å². The lowest BCUT2D eigenvalue weighted by Gasteiger charge is -2.30. The highest BCUT2D eigenvalue weighted by Crippen LogP contribution is 2.41. The van der Waals surface area contributed by atoms with Gasteiger partial charge < -0.3 is 9.47 Å². The Morgan fingerprint density at radius 2 is 1.55 bits per heavy atom. The van der Waals surface area contributed by atoms with Gasteiger partial charge in [0.15, 0.2) is 0 Å². The van der Waals surface area contributed by atoms with Crippen LogP contribution in [0.15, 0.2) is 53.4 Å². The Bertz CT molecular complexity index is 883. The van der Waals surface area contributed by atoms with Crippen LogP contribution >= 0.6 is 0 Å². The minimum atomic E-state index is -3.58. The van der Waals surface area contributed by atoms with Crippen molar-refractivity contribution < 1.29 is 17.9 Å². The van der Waals surface area contributed by atoms with Gasteiger partial charge >= 0.3 is 0 Å². The van der Waals surface area contributed by atoms with Crippen LogP contribution in [0.1, 0.15) is 45.1 Å². The molecule has 29 heavy (non-hydrogen) atoms. The summed E-state index contributed by atoms with van der Waals surface area (Å²) >= 11 is 0. The van der Waals surface area contributed by atoms with Crippen molar-refractivity contribution in [2.45, 2.75) is 49.8 Å². The van der Waals surface area contributed by atoms with Gasteiger partial charge in [-0.1, -0.05) is 38.8 Å². The first-order chi connectivity index (χ1) is 13.8. The van der Waals surface area contributed by atoms with Crippen LogP contribution in [0.5, 0.6) is 11.5 Å². The van der Waals surface area contributed by atoms with Gasteiger partial charge in [0.05, 0.1) is 18.6 Å². The molecule has 0 aromatic heterocycles. The van der Waals surface area contributed by atoms with Crippen molar-refractivity contribution >= 4 is 10.0 Å². The molecule has 0 saturated heterocycles. The molecule has 1 aliphatic rings. The summed E-state index contributed by atoms with van der Waals surface area (Å²) in [4.78, 5) is 0.261. The first-order valence-corrected chi connectivity index (χ1v) is 11.7. The summed E-state index contributed by atoms with van der Waals surface area (Å²) < 4.78 is 39.5. The molecule has 1 saturated carbocycles. The zero-order valence-electron chi connectivity index (χ0n) is 17.5. The zero-order valence-corrected chi connectivity index (χ0v) is 18.3. The summed E-state index contributed by atoms with van der Waals surface area (Å²) in [6.45, 7) is 5.15. The Hall–Kier alpha value is -2.05. The fraction of sp³-hybridized carbons (Fsp3) is 0.478. The van der Waals surface area contributed by atoms with Crippen LogP contribution in [0.4, 0.5) is 0 Å². The maximum atomic E-state index is 12.9. The molecule has 158 valence electrons. The molecule has 5 nitrogen and oxygen atoms in total. The molecule has 2 aromatic rings. The van der Waals surface area contributed by atoms with Crippen molar-refractivity contribution in [2.24, 2.45) is 5.92 Å². The normalized spacial score (nSPS) is 16.1. The zero-order chi connectivity index (χ0) is 20.9. The number of hydrogen-bond acceptors (Lipinski definition) is 4. The highest BCUT2D eigenvalue weighted by molar-refractivity contribution is 7.89. The fourth-order valence-electron chi connectivity index (χ4n) is 3.86. The lowest BCUT2D eigenvalue weighted by atomic mass is 9.79. The second kappa shape index (κ2) is 9.18. The molecule has 0 atom stereocenters. The van der Waals surface area contributed by atoms with E-state index in [0.29, 0.717) is 24.8 Å². The third-order valence-electron chi connectivity index (χ3n) is 5.58. The van der Waals surface area contributed by atoms with Crippen molar-refractivity contribution in [2.75, 3.05) is 20.3 Å². The van der Waals surface area contributed by atoms with Gasteiger partial charge in [0.25, 0.3) is 0 Å². The van der Waals surface area contributed by atoms with E-state index in [4.69, 9.17) is 9.47 Å². The Kier molecular flexibility index (Phi) is 6.85. The number of hydrogen-bond donors (Lipinski definition) is 1. The number of benzene rings is 2. The van der Waals surface area contributed by atoms with Crippen molar-refractivity contribution in [3.05, 3.63) is 54.1 Å². The van der Waals surface area contributed by atoms with Gasteiger partial charge in [-0.2, -0.15) is 0 Å². The van der Waals surface area contributed by atoms with Crippen molar-refractivity contribution in [3.63, 3.8) is 0 Å². The highest BCUT2D eigenvalue weighted by Gasteiger charge is 2.36. The lowest BCUT2D eigenvalue weighted by molar-refractivity contribution is 0.271. The third kappa shape index (κ3) is 5.31. The molecule has 0 spiro atoms. The smallest absolute Gasteiger partial charge is 0.240 e. The molecule has 6 heteroatoms. The monoisotopic (exact) mass is 417 g/mol. The van der Waals surface area contributed by atoms with E-state index in [2.05, 4.69) is 30.7 Å². The summed E-state index contributed by atoms with van der Waals surface area (Å²) in [7, 11) is -1.94. The van der Waals surface area contributed by atoms with E-state index in [1.807, 2.05) is 12.1 Å². The molecule has 1 N–H and O–H groups in total. The van der Waals surface area contributed by atoms with E-state index in [1.165, 1.54) is 0 Å². The highest BCUT2D eigenvalue weighted by atomic mass is 32.2. The predicted octanol–water partition coefficient (Wildman–Crippen LogP) is 4.52. The van der Waals surface area contributed by atoms with E-state index in [9.17, 15) is 8.42 Å². The van der Waals surface area contributed by atoms with Crippen LogP contribution in [0, 0.1) is 5.92 Å². The van der Waals surface area contributed by atoms with Gasteiger partial charge in [0.2, 0.25) is 10.0 Å². The average molecular weight is 418 g/mol. The minimum absolute atomic E-state index is 0.167. The molecule has 0 amide bonds. The average Bonchev–Trinajstić information content (AvgIpc) is 3.21. The maximum Gasteiger partial charge on any atom is 0.240 e. The number of sulfonamides is 1. The Morgan fingerprint density at radius 3 is 2.10 bits per heavy atom. The van der Waals surface area contributed by atoms with Crippen LogP contribution in [0.25, 0.3) is 0 Å². The summed E-state index contributed by atoms with van der Waals surface area (Å²) in [6, 6.07) is 14.6. The molecule has 0 heterocycles. The van der Waals surface area contributed by atoms with Crippen LogP contribution in [-0.4, -0.2) is 28.7 Å². The topological polar surface area (TPSA) is 64.6 Å². The van der Waals surface area contributed by atoms with E-state index in [0.717, 1.165) is 37.0 Å². The van der Waals surface area contributed by atoms with E-state index < -0.39 is 10.0 Å². The number of methoxy groups -OCH3 is 1. The second-order valence-corrected chi connectivity index (χ2v) is 9.98. The van der Waals surface area contributed by atoms with Crippen molar-refractivity contribution in [1.82, 2.24) is 4.72 Å². The van der Waals surface area contributed by atoms with Gasteiger partial charge in [-0.25, -0.2) is 13.1 Å². The van der Waals surface area contributed by atoms with E-state index in [-0.39, 0.29) is 10.3 Å². The fourth-order valence-corrected chi connectivity index (χ4v) is 4.99. The molecule has 0 aliphatic heterocycles. The molecule has 0 radical (unpaired) electrons. The van der Waals surface area contributed by atoms with E-state index in [1.54, 1.807) is 31.4 Å². The summed E-state index contributed by atoms with van der Waals surface area (Å²) in [5.74, 6) is 1.91. The van der Waals surface area contributed by atoms with Gasteiger partial charge in [0.1, 0.15) is 11.5 Å². The molecule has 0 bridgehead atoms. The van der Waals surface area contributed by atoms with E-state index >= 15 is 0 Å². The molecule has 0 unspecified atom stereocenters. The molecule has 1 fully saturated rings. The van der Waals surface area contributed by atoms with Gasteiger partial charge in [0, 0.05) is 12.0 Å². The minimum Gasteiger partial charge on any atom is -0.497 e. The predicted molar refractivity (Wildman–Crippen MR) is 115 cm³/mol. The Morgan fingerprint density at radius 1 is 0.966 bits per heavy atom. The molecule has 1 aliphatic carbocycles.